The highest BCUT2D eigenvalue weighted by molar-refractivity contribution is 7.21. The molecule has 1 N–H and O–H groups in total. The number of carbonyl (C=O) groups is 1. The van der Waals surface area contributed by atoms with Crippen LogP contribution in [-0.4, -0.2) is 10.9 Å². The summed E-state index contributed by atoms with van der Waals surface area (Å²) < 4.78 is 7.39. The van der Waals surface area contributed by atoms with Crippen LogP contribution in [0.2, 0.25) is 0 Å². The molecule has 1 aromatic carbocycles. The summed E-state index contributed by atoms with van der Waals surface area (Å²) in [6, 6.07) is 16.2. The third-order valence-electron chi connectivity index (χ3n) is 3.65. The molecule has 1 amide bonds. The minimum atomic E-state index is -0.450. The second-order valence-corrected chi connectivity index (χ2v) is 6.38. The molecule has 4 rings (SSSR count). The number of carbonyl (C=O) groups excluding carboxylic acids is 1. The lowest BCUT2D eigenvalue weighted by Crippen LogP contribution is -2.38. The molecule has 0 atom stereocenters. The lowest BCUT2D eigenvalue weighted by molar-refractivity contribution is -0.607. The van der Waals surface area contributed by atoms with E-state index in [1.165, 1.54) is 12.3 Å². The second kappa shape index (κ2) is 6.37. The van der Waals surface area contributed by atoms with E-state index in [1.807, 2.05) is 30.3 Å². The van der Waals surface area contributed by atoms with E-state index >= 15 is 0 Å². The van der Waals surface area contributed by atoms with Crippen molar-refractivity contribution < 1.29 is 13.9 Å². The van der Waals surface area contributed by atoms with E-state index in [0.29, 0.717) is 16.3 Å². The Morgan fingerprint density at radius 3 is 2.84 bits per heavy atom. The molecule has 6 nitrogen and oxygen atoms in total. The number of thiazole rings is 1. The van der Waals surface area contributed by atoms with Gasteiger partial charge >= 0.3 is 5.91 Å². The molecule has 3 aromatic heterocycles. The largest absolute Gasteiger partial charge is 0.618 e. The molecule has 0 spiro atoms. The molecule has 4 aromatic rings. The van der Waals surface area contributed by atoms with Gasteiger partial charge in [0.2, 0.25) is 0 Å². The van der Waals surface area contributed by atoms with Crippen LogP contribution < -0.4 is 10.0 Å². The van der Waals surface area contributed by atoms with Crippen LogP contribution in [0, 0.1) is 5.21 Å². The summed E-state index contributed by atoms with van der Waals surface area (Å²) in [6.07, 6.45) is 1.28. The first-order valence-corrected chi connectivity index (χ1v) is 8.43. The van der Waals surface area contributed by atoms with Crippen molar-refractivity contribution in [1.29, 1.82) is 0 Å². The highest BCUT2D eigenvalue weighted by Gasteiger charge is 2.16. The van der Waals surface area contributed by atoms with E-state index < -0.39 is 5.91 Å². The highest BCUT2D eigenvalue weighted by atomic mass is 32.1. The van der Waals surface area contributed by atoms with Crippen LogP contribution in [0.1, 0.15) is 16.2 Å². The van der Waals surface area contributed by atoms with Crippen molar-refractivity contribution in [3.63, 3.8) is 0 Å². The summed E-state index contributed by atoms with van der Waals surface area (Å²) in [5, 5.41) is 15.0. The number of fused-ring (bicyclic) bond motifs is 1. The molecule has 3 heterocycles. The molecular weight excluding hydrogens is 338 g/mol. The fraction of sp³-hybridized carbons (Fsp3) is 0.0556. The van der Waals surface area contributed by atoms with E-state index in [2.05, 4.69) is 10.3 Å². The fourth-order valence-corrected chi connectivity index (χ4v) is 3.35. The van der Waals surface area contributed by atoms with Crippen molar-refractivity contribution in [2.45, 2.75) is 6.54 Å². The first-order valence-electron chi connectivity index (χ1n) is 7.62. The maximum atomic E-state index is 12.0. The van der Waals surface area contributed by atoms with Crippen molar-refractivity contribution in [3.8, 4) is 10.8 Å². The van der Waals surface area contributed by atoms with Gasteiger partial charge in [-0.3, -0.25) is 4.79 Å². The summed E-state index contributed by atoms with van der Waals surface area (Å²) in [5.41, 5.74) is 0.971. The lowest BCUT2D eigenvalue weighted by Gasteiger charge is -2.04. The third kappa shape index (κ3) is 3.09. The van der Waals surface area contributed by atoms with Crippen molar-refractivity contribution in [2.24, 2.45) is 0 Å². The van der Waals surface area contributed by atoms with E-state index in [0.717, 1.165) is 15.2 Å². The standard InChI is InChI=1S/C18H13N3O3S/c22-17(14-6-3-4-10-21(14)23)19-11-12-8-9-15(24-12)18-20-13-5-1-2-7-16(13)25-18/h1-10H,11H2,(H,19,22). The van der Waals surface area contributed by atoms with Crippen molar-refractivity contribution in [1.82, 2.24) is 10.3 Å². The van der Waals surface area contributed by atoms with Gasteiger partial charge in [-0.15, -0.1) is 11.3 Å². The van der Waals surface area contributed by atoms with Gasteiger partial charge in [0.05, 0.1) is 16.8 Å². The average Bonchev–Trinajstić information content (AvgIpc) is 3.26. The van der Waals surface area contributed by atoms with Crippen LogP contribution in [0.3, 0.4) is 0 Å². The van der Waals surface area contributed by atoms with Crippen LogP contribution in [0.15, 0.2) is 65.2 Å². The number of amides is 1. The van der Waals surface area contributed by atoms with Gasteiger partial charge in [-0.2, -0.15) is 4.73 Å². The smallest absolute Gasteiger partial charge is 0.317 e. The molecule has 0 radical (unpaired) electrons. The third-order valence-corrected chi connectivity index (χ3v) is 4.70. The SMILES string of the molecule is O=C(NCc1ccc(-c2nc3ccccc3s2)o1)c1cccc[n+]1[O-]. The zero-order valence-corrected chi connectivity index (χ0v) is 13.8. The average molecular weight is 351 g/mol. The van der Waals surface area contributed by atoms with Gasteiger partial charge < -0.3 is 14.9 Å². The number of hydrogen-bond acceptors (Lipinski definition) is 5. The summed E-state index contributed by atoms with van der Waals surface area (Å²) >= 11 is 1.55. The minimum Gasteiger partial charge on any atom is -0.618 e. The quantitative estimate of drug-likeness (QED) is 0.452. The Hall–Kier alpha value is -3.19. The Morgan fingerprint density at radius 2 is 2.00 bits per heavy atom. The molecule has 0 aliphatic carbocycles. The Balaban J connectivity index is 1.48. The predicted molar refractivity (Wildman–Crippen MR) is 93.9 cm³/mol. The number of furan rings is 1. The van der Waals surface area contributed by atoms with Crippen molar-refractivity contribution in [3.05, 3.63) is 77.5 Å². The number of nitrogens with zero attached hydrogens (tertiary/aromatic N) is 2. The molecule has 0 aliphatic rings. The van der Waals surface area contributed by atoms with E-state index in [9.17, 15) is 10.0 Å². The molecular formula is C18H13N3O3S. The van der Waals surface area contributed by atoms with E-state index in [1.54, 1.807) is 29.5 Å². The van der Waals surface area contributed by atoms with Gasteiger partial charge in [-0.25, -0.2) is 4.98 Å². The summed E-state index contributed by atoms with van der Waals surface area (Å²) in [7, 11) is 0. The number of rotatable bonds is 4. The van der Waals surface area contributed by atoms with Crippen LogP contribution in [0.25, 0.3) is 21.0 Å². The Bertz CT molecular complexity index is 1020. The number of pyridine rings is 1. The van der Waals surface area contributed by atoms with Gasteiger partial charge in [-0.05, 0) is 30.3 Å². The van der Waals surface area contributed by atoms with Gasteiger partial charge in [0.25, 0.3) is 5.69 Å². The van der Waals surface area contributed by atoms with Crippen LogP contribution in [0.5, 0.6) is 0 Å². The molecule has 0 bridgehead atoms. The van der Waals surface area contributed by atoms with Crippen molar-refractivity contribution in [2.75, 3.05) is 0 Å². The maximum absolute atomic E-state index is 12.0. The Labute approximate surface area is 147 Å². The zero-order chi connectivity index (χ0) is 17.2. The fourth-order valence-electron chi connectivity index (χ4n) is 2.43. The second-order valence-electron chi connectivity index (χ2n) is 5.35. The van der Waals surface area contributed by atoms with Crippen molar-refractivity contribution >= 4 is 27.5 Å². The van der Waals surface area contributed by atoms with E-state index in [4.69, 9.17) is 4.42 Å². The first kappa shape index (κ1) is 15.3. The lowest BCUT2D eigenvalue weighted by atomic mass is 10.3. The molecule has 0 saturated carbocycles. The van der Waals surface area contributed by atoms with Gasteiger partial charge in [-0.1, -0.05) is 12.1 Å². The van der Waals surface area contributed by atoms with Gasteiger partial charge in [0, 0.05) is 12.1 Å². The summed E-state index contributed by atoms with van der Waals surface area (Å²) in [6.45, 7) is 0.193. The molecule has 0 unspecified atom stereocenters. The Kier molecular flexibility index (Phi) is 3.91. The predicted octanol–water partition coefficient (Wildman–Crippen LogP) is 3.12. The zero-order valence-electron chi connectivity index (χ0n) is 13.0. The highest BCUT2D eigenvalue weighted by Crippen LogP contribution is 2.31. The Morgan fingerprint density at radius 1 is 1.16 bits per heavy atom. The molecule has 7 heteroatoms. The molecule has 0 aliphatic heterocycles. The summed E-state index contributed by atoms with van der Waals surface area (Å²) in [5.74, 6) is 0.800. The number of para-hydroxylation sites is 1. The van der Waals surface area contributed by atoms with Gasteiger partial charge in [0.1, 0.15) is 5.76 Å². The molecule has 0 fully saturated rings. The van der Waals surface area contributed by atoms with E-state index in [-0.39, 0.29) is 12.2 Å². The van der Waals surface area contributed by atoms with Crippen LogP contribution in [-0.2, 0) is 6.54 Å². The first-order chi connectivity index (χ1) is 12.2. The van der Waals surface area contributed by atoms with Gasteiger partial charge in [0.15, 0.2) is 17.0 Å². The number of hydrogen-bond donors (Lipinski definition) is 1. The topological polar surface area (TPSA) is 82.1 Å². The summed E-state index contributed by atoms with van der Waals surface area (Å²) in [4.78, 5) is 16.6. The normalized spacial score (nSPS) is 10.9. The molecule has 25 heavy (non-hydrogen) atoms. The number of benzene rings is 1. The number of nitrogens with one attached hydrogen (secondary N) is 1. The molecule has 124 valence electrons. The minimum absolute atomic E-state index is 0.0421. The molecule has 0 saturated heterocycles. The van der Waals surface area contributed by atoms with Crippen LogP contribution in [0.4, 0.5) is 0 Å². The monoisotopic (exact) mass is 351 g/mol. The maximum Gasteiger partial charge on any atom is 0.317 e. The number of aromatic nitrogens is 2. The van der Waals surface area contributed by atoms with Crippen LogP contribution >= 0.6 is 11.3 Å².